The predicted octanol–water partition coefficient (Wildman–Crippen LogP) is 3.40. The summed E-state index contributed by atoms with van der Waals surface area (Å²) in [6, 6.07) is 11.7. The molecular weight excluding hydrogens is 344 g/mol. The van der Waals surface area contributed by atoms with Crippen molar-refractivity contribution >= 4 is 5.97 Å². The molecule has 0 aliphatic carbocycles. The van der Waals surface area contributed by atoms with E-state index in [2.05, 4.69) is 0 Å². The van der Waals surface area contributed by atoms with E-state index in [1.54, 1.807) is 6.92 Å². The normalized spacial score (nSPS) is 12.0. The second kappa shape index (κ2) is 10.1. The maximum Gasteiger partial charge on any atom is 0.344 e. The van der Waals surface area contributed by atoms with Crippen molar-refractivity contribution < 1.29 is 24.9 Å². The average molecular weight is 372 g/mol. The summed E-state index contributed by atoms with van der Waals surface area (Å²) in [6.07, 6.45) is 2.33. The van der Waals surface area contributed by atoms with Gasteiger partial charge in [-0.25, -0.2) is 4.79 Å². The summed E-state index contributed by atoms with van der Waals surface area (Å²) in [5.41, 5.74) is 4.79. The SMILES string of the molecule is CCC(Oc1ccc(CCCc2ccc(CO)c(CO)c2)cc1C)C(=O)O. The minimum atomic E-state index is -0.949. The third-order valence-electron chi connectivity index (χ3n) is 4.70. The van der Waals surface area contributed by atoms with Gasteiger partial charge in [-0.05, 0) is 66.5 Å². The van der Waals surface area contributed by atoms with Crippen LogP contribution in [-0.4, -0.2) is 27.4 Å². The lowest BCUT2D eigenvalue weighted by Crippen LogP contribution is -2.26. The molecule has 146 valence electrons. The molecule has 0 radical (unpaired) electrons. The van der Waals surface area contributed by atoms with Crippen LogP contribution in [0.1, 0.15) is 47.6 Å². The molecule has 2 aromatic carbocycles. The van der Waals surface area contributed by atoms with Crippen molar-refractivity contribution in [2.45, 2.75) is 58.8 Å². The largest absolute Gasteiger partial charge is 0.479 e. The molecule has 3 N–H and O–H groups in total. The molecule has 1 unspecified atom stereocenters. The Balaban J connectivity index is 1.95. The lowest BCUT2D eigenvalue weighted by molar-refractivity contribution is -0.145. The molecule has 2 aromatic rings. The number of aryl methyl sites for hydroxylation is 3. The lowest BCUT2D eigenvalue weighted by atomic mass is 9.99. The van der Waals surface area contributed by atoms with Gasteiger partial charge in [-0.3, -0.25) is 0 Å². The number of aliphatic hydroxyl groups is 2. The fourth-order valence-corrected chi connectivity index (χ4v) is 3.09. The molecule has 0 aliphatic heterocycles. The highest BCUT2D eigenvalue weighted by Gasteiger charge is 2.17. The molecular formula is C22H28O5. The average Bonchev–Trinajstić information content (AvgIpc) is 2.67. The van der Waals surface area contributed by atoms with Crippen LogP contribution < -0.4 is 4.74 Å². The van der Waals surface area contributed by atoms with E-state index in [0.29, 0.717) is 12.2 Å². The zero-order valence-corrected chi connectivity index (χ0v) is 15.9. The molecule has 2 rings (SSSR count). The fraction of sp³-hybridized carbons (Fsp3) is 0.409. The van der Waals surface area contributed by atoms with E-state index >= 15 is 0 Å². The van der Waals surface area contributed by atoms with Gasteiger partial charge in [0.25, 0.3) is 0 Å². The highest BCUT2D eigenvalue weighted by atomic mass is 16.5. The van der Waals surface area contributed by atoms with Crippen molar-refractivity contribution in [3.63, 3.8) is 0 Å². The molecule has 0 aromatic heterocycles. The van der Waals surface area contributed by atoms with Gasteiger partial charge >= 0.3 is 5.97 Å². The van der Waals surface area contributed by atoms with Crippen LogP contribution in [0, 0.1) is 6.92 Å². The highest BCUT2D eigenvalue weighted by Crippen LogP contribution is 2.22. The van der Waals surface area contributed by atoms with Crippen molar-refractivity contribution in [3.8, 4) is 5.75 Å². The first-order valence-corrected chi connectivity index (χ1v) is 9.29. The van der Waals surface area contributed by atoms with Crippen LogP contribution in [0.4, 0.5) is 0 Å². The number of hydrogen-bond donors (Lipinski definition) is 3. The highest BCUT2D eigenvalue weighted by molar-refractivity contribution is 5.72. The first-order chi connectivity index (χ1) is 13.0. The Labute approximate surface area is 160 Å². The minimum Gasteiger partial charge on any atom is -0.479 e. The fourth-order valence-electron chi connectivity index (χ4n) is 3.09. The van der Waals surface area contributed by atoms with Gasteiger partial charge in [0.1, 0.15) is 5.75 Å². The summed E-state index contributed by atoms with van der Waals surface area (Å²) in [5.74, 6) is -0.337. The van der Waals surface area contributed by atoms with Crippen molar-refractivity contribution in [3.05, 3.63) is 64.2 Å². The van der Waals surface area contributed by atoms with Crippen molar-refractivity contribution in [2.24, 2.45) is 0 Å². The number of aliphatic hydroxyl groups excluding tert-OH is 2. The Hall–Kier alpha value is -2.37. The lowest BCUT2D eigenvalue weighted by Gasteiger charge is -2.16. The molecule has 0 heterocycles. The van der Waals surface area contributed by atoms with Gasteiger partial charge in [0.05, 0.1) is 13.2 Å². The summed E-state index contributed by atoms with van der Waals surface area (Å²) in [4.78, 5) is 11.1. The second-order valence-corrected chi connectivity index (χ2v) is 6.73. The third-order valence-corrected chi connectivity index (χ3v) is 4.70. The molecule has 0 amide bonds. The van der Waals surface area contributed by atoms with E-state index < -0.39 is 12.1 Å². The van der Waals surface area contributed by atoms with Gasteiger partial charge in [-0.1, -0.05) is 37.3 Å². The Bertz CT molecular complexity index is 769. The smallest absolute Gasteiger partial charge is 0.344 e. The van der Waals surface area contributed by atoms with Crippen LogP contribution in [-0.2, 0) is 30.8 Å². The number of aliphatic carboxylic acids is 1. The van der Waals surface area contributed by atoms with E-state index in [-0.39, 0.29) is 13.2 Å². The summed E-state index contributed by atoms with van der Waals surface area (Å²) < 4.78 is 5.59. The maximum atomic E-state index is 11.1. The summed E-state index contributed by atoms with van der Waals surface area (Å²) in [5, 5.41) is 27.8. The number of carbonyl (C=O) groups is 1. The number of rotatable bonds is 10. The molecule has 0 bridgehead atoms. The molecule has 1 atom stereocenters. The first kappa shape index (κ1) is 20.9. The van der Waals surface area contributed by atoms with Gasteiger partial charge in [-0.15, -0.1) is 0 Å². The molecule has 0 aliphatic rings. The predicted molar refractivity (Wildman–Crippen MR) is 104 cm³/mol. The molecule has 0 spiro atoms. The van der Waals surface area contributed by atoms with Crippen LogP contribution in [0.5, 0.6) is 5.75 Å². The van der Waals surface area contributed by atoms with Gasteiger partial charge in [-0.2, -0.15) is 0 Å². The molecule has 0 saturated heterocycles. The van der Waals surface area contributed by atoms with E-state index in [0.717, 1.165) is 41.5 Å². The van der Waals surface area contributed by atoms with Gasteiger partial charge in [0.2, 0.25) is 0 Å². The third kappa shape index (κ3) is 5.81. The molecule has 0 saturated carbocycles. The van der Waals surface area contributed by atoms with E-state index in [1.807, 2.05) is 43.3 Å². The number of carboxylic acids is 1. The molecule has 0 fully saturated rings. The van der Waals surface area contributed by atoms with Gasteiger partial charge < -0.3 is 20.1 Å². The zero-order valence-electron chi connectivity index (χ0n) is 15.9. The Morgan fingerprint density at radius 1 is 1.00 bits per heavy atom. The topological polar surface area (TPSA) is 87.0 Å². The van der Waals surface area contributed by atoms with Crippen LogP contribution in [0.2, 0.25) is 0 Å². The Morgan fingerprint density at radius 2 is 1.63 bits per heavy atom. The quantitative estimate of drug-likeness (QED) is 0.595. The molecule has 5 nitrogen and oxygen atoms in total. The molecule has 27 heavy (non-hydrogen) atoms. The number of hydrogen-bond acceptors (Lipinski definition) is 4. The Morgan fingerprint density at radius 3 is 2.19 bits per heavy atom. The maximum absolute atomic E-state index is 11.1. The van der Waals surface area contributed by atoms with Gasteiger partial charge in [0.15, 0.2) is 6.10 Å². The van der Waals surface area contributed by atoms with Crippen LogP contribution in [0.25, 0.3) is 0 Å². The minimum absolute atomic E-state index is 0.0648. The van der Waals surface area contributed by atoms with Crippen molar-refractivity contribution in [1.29, 1.82) is 0 Å². The number of ether oxygens (including phenoxy) is 1. The van der Waals surface area contributed by atoms with E-state index in [4.69, 9.17) is 9.84 Å². The zero-order chi connectivity index (χ0) is 19.8. The van der Waals surface area contributed by atoms with Crippen molar-refractivity contribution in [1.82, 2.24) is 0 Å². The van der Waals surface area contributed by atoms with E-state index in [9.17, 15) is 15.0 Å². The second-order valence-electron chi connectivity index (χ2n) is 6.73. The molecule has 5 heteroatoms. The van der Waals surface area contributed by atoms with Crippen LogP contribution >= 0.6 is 0 Å². The summed E-state index contributed by atoms with van der Waals surface area (Å²) in [7, 11) is 0. The monoisotopic (exact) mass is 372 g/mol. The van der Waals surface area contributed by atoms with Crippen LogP contribution in [0.15, 0.2) is 36.4 Å². The first-order valence-electron chi connectivity index (χ1n) is 9.29. The summed E-state index contributed by atoms with van der Waals surface area (Å²) >= 11 is 0. The van der Waals surface area contributed by atoms with Gasteiger partial charge in [0, 0.05) is 0 Å². The number of benzene rings is 2. The number of carboxylic acid groups (broad SMARTS) is 1. The van der Waals surface area contributed by atoms with E-state index in [1.165, 1.54) is 5.56 Å². The standard InChI is InChI=1S/C22H28O5/c1-3-20(22(25)26)27-21-10-8-16(11-15(21)2)5-4-6-17-7-9-18(13-23)19(12-17)14-24/h7-12,20,23-24H,3-6,13-14H2,1-2H3,(H,25,26). The summed E-state index contributed by atoms with van der Waals surface area (Å²) in [6.45, 7) is 3.58. The van der Waals surface area contributed by atoms with Crippen molar-refractivity contribution in [2.75, 3.05) is 0 Å². The van der Waals surface area contributed by atoms with Crippen LogP contribution in [0.3, 0.4) is 0 Å². The Kier molecular flexibility index (Phi) is 7.82.